The van der Waals surface area contributed by atoms with Crippen LogP contribution in [0.4, 0.5) is 20.3 Å². The summed E-state index contributed by atoms with van der Waals surface area (Å²) in [5, 5.41) is 16.8. The molecule has 12 heteroatoms. The number of fused-ring (bicyclic) bond motifs is 2. The Kier molecular flexibility index (Phi) is 6.53. The highest BCUT2D eigenvalue weighted by atomic mass is 35.5. The molecule has 1 fully saturated rings. The van der Waals surface area contributed by atoms with Crippen LogP contribution in [-0.2, 0) is 19.9 Å². The quantitative estimate of drug-likeness (QED) is 0.383. The predicted octanol–water partition coefficient (Wildman–Crippen LogP) is 5.15. The molecule has 2 amide bonds. The van der Waals surface area contributed by atoms with E-state index in [-0.39, 0.29) is 27.1 Å². The zero-order valence-electron chi connectivity index (χ0n) is 20.0. The summed E-state index contributed by atoms with van der Waals surface area (Å²) < 4.78 is 30.0. The van der Waals surface area contributed by atoms with Gasteiger partial charge >= 0.3 is 5.97 Å². The fourth-order valence-corrected chi connectivity index (χ4v) is 5.97. The van der Waals surface area contributed by atoms with Gasteiger partial charge in [-0.2, -0.15) is 0 Å². The molecule has 0 radical (unpaired) electrons. The van der Waals surface area contributed by atoms with Gasteiger partial charge in [-0.05, 0) is 23.6 Å². The van der Waals surface area contributed by atoms with E-state index in [1.54, 1.807) is 12.3 Å². The summed E-state index contributed by atoms with van der Waals surface area (Å²) in [7, 11) is 0. The number of alkyl halides is 2. The fourth-order valence-electron chi connectivity index (χ4n) is 5.43. The summed E-state index contributed by atoms with van der Waals surface area (Å²) in [6.45, 7) is 0.524. The molecule has 0 aliphatic carbocycles. The van der Waals surface area contributed by atoms with Gasteiger partial charge < -0.3 is 15.7 Å². The summed E-state index contributed by atoms with van der Waals surface area (Å²) in [5.74, 6) is -6.96. The van der Waals surface area contributed by atoms with Gasteiger partial charge in [0.05, 0.1) is 29.6 Å². The minimum absolute atomic E-state index is 0.0452. The Bertz CT molecular complexity index is 1490. The van der Waals surface area contributed by atoms with Crippen molar-refractivity contribution in [2.45, 2.75) is 37.3 Å². The Morgan fingerprint density at radius 3 is 2.66 bits per heavy atom. The van der Waals surface area contributed by atoms with Crippen LogP contribution in [0.15, 0.2) is 48.7 Å². The molecule has 3 aromatic rings. The van der Waals surface area contributed by atoms with Crippen molar-refractivity contribution in [3.8, 4) is 0 Å². The van der Waals surface area contributed by atoms with Crippen LogP contribution in [0.1, 0.15) is 25.3 Å². The van der Waals surface area contributed by atoms with Crippen molar-refractivity contribution in [1.82, 2.24) is 9.88 Å². The number of nitrogens with one attached hydrogen (secondary N) is 2. The molecule has 3 atom stereocenters. The number of aliphatic carboxylic acids is 1. The van der Waals surface area contributed by atoms with Crippen LogP contribution in [0.5, 0.6) is 0 Å². The number of carbonyl (C=O) groups is 3. The van der Waals surface area contributed by atoms with Gasteiger partial charge in [-0.1, -0.05) is 54.4 Å². The zero-order chi connectivity index (χ0) is 27.4. The summed E-state index contributed by atoms with van der Waals surface area (Å²) in [4.78, 5) is 44.1. The molecule has 8 nitrogen and oxygen atoms in total. The highest BCUT2D eigenvalue weighted by molar-refractivity contribution is 6.38. The Labute approximate surface area is 225 Å². The van der Waals surface area contributed by atoms with Crippen molar-refractivity contribution in [3.05, 3.63) is 64.3 Å². The maximum atomic E-state index is 15.0. The first-order valence-electron chi connectivity index (χ1n) is 11.7. The van der Waals surface area contributed by atoms with Crippen molar-refractivity contribution >= 4 is 63.3 Å². The number of anilines is 2. The first kappa shape index (κ1) is 26.3. The Hall–Kier alpha value is -3.34. The van der Waals surface area contributed by atoms with Crippen LogP contribution in [0, 0.1) is 5.92 Å². The topological polar surface area (TPSA) is 112 Å². The first-order chi connectivity index (χ1) is 17.9. The molecule has 3 heterocycles. The maximum Gasteiger partial charge on any atom is 0.306 e. The number of pyridine rings is 1. The Morgan fingerprint density at radius 1 is 1.24 bits per heavy atom. The van der Waals surface area contributed by atoms with E-state index in [1.165, 1.54) is 19.1 Å². The lowest BCUT2D eigenvalue weighted by atomic mass is 9.83. The van der Waals surface area contributed by atoms with Crippen LogP contribution in [0.2, 0.25) is 10.0 Å². The third-order valence-electron chi connectivity index (χ3n) is 7.19. The van der Waals surface area contributed by atoms with E-state index in [0.29, 0.717) is 0 Å². The molecule has 5 rings (SSSR count). The van der Waals surface area contributed by atoms with Gasteiger partial charge in [0.25, 0.3) is 5.92 Å². The molecule has 38 heavy (non-hydrogen) atoms. The number of amides is 2. The predicted molar refractivity (Wildman–Crippen MR) is 139 cm³/mol. The monoisotopic (exact) mass is 562 g/mol. The number of rotatable bonds is 6. The molecule has 0 saturated carbocycles. The lowest BCUT2D eigenvalue weighted by Gasteiger charge is -2.41. The average molecular weight is 563 g/mol. The van der Waals surface area contributed by atoms with Crippen molar-refractivity contribution in [1.29, 1.82) is 0 Å². The molecule has 0 spiro atoms. The van der Waals surface area contributed by atoms with Crippen LogP contribution in [-0.4, -0.2) is 51.3 Å². The van der Waals surface area contributed by atoms with E-state index in [1.807, 2.05) is 24.3 Å². The van der Waals surface area contributed by atoms with Gasteiger partial charge in [0.2, 0.25) is 11.8 Å². The van der Waals surface area contributed by atoms with Gasteiger partial charge in [-0.3, -0.25) is 19.3 Å². The highest BCUT2D eigenvalue weighted by Gasteiger charge is 2.62. The van der Waals surface area contributed by atoms with E-state index < -0.39 is 60.6 Å². The summed E-state index contributed by atoms with van der Waals surface area (Å²) in [6.07, 6.45) is -0.0125. The molecule has 1 saturated heterocycles. The summed E-state index contributed by atoms with van der Waals surface area (Å²) in [5.41, 5.74) is -1.88. The van der Waals surface area contributed by atoms with Crippen LogP contribution >= 0.6 is 23.2 Å². The molecule has 1 aromatic heterocycles. The van der Waals surface area contributed by atoms with E-state index in [9.17, 15) is 28.3 Å². The number of halogens is 4. The number of benzene rings is 2. The number of hydrogen-bond donors (Lipinski definition) is 3. The molecular weight excluding hydrogens is 541 g/mol. The van der Waals surface area contributed by atoms with Crippen LogP contribution in [0.25, 0.3) is 10.8 Å². The van der Waals surface area contributed by atoms with Gasteiger partial charge in [0.15, 0.2) is 0 Å². The third kappa shape index (κ3) is 4.46. The Morgan fingerprint density at radius 2 is 1.95 bits per heavy atom. The minimum atomic E-state index is -3.29. The number of likely N-dealkylation sites (tertiary alicyclic amines) is 1. The SMILES string of the molecule is C[C@@H](C(=O)Nc1cc2ccccc2cn1)[C@H]1CC(F)(F)CN1[C@@]1(CC(=O)O)C(=O)Nc2c(Cl)cc(Cl)cc21. The fraction of sp³-hybridized carbons (Fsp3) is 0.308. The van der Waals surface area contributed by atoms with Gasteiger partial charge in [-0.25, -0.2) is 13.8 Å². The van der Waals surface area contributed by atoms with Crippen molar-refractivity contribution in [2.75, 3.05) is 17.2 Å². The second-order valence-electron chi connectivity index (χ2n) is 9.65. The van der Waals surface area contributed by atoms with E-state index in [2.05, 4.69) is 15.6 Å². The minimum Gasteiger partial charge on any atom is -0.481 e. The standard InChI is InChI=1S/C26H22Cl2F2N4O4/c1-13(23(37)32-20-6-14-4-2-3-5-15(14)11-31-20)19-9-25(29,30)12-34(19)26(10-21(35)36)17-7-16(27)8-18(28)22(17)33-24(26)38/h2-8,11,13,19H,9-10,12H2,1H3,(H,33,38)(H,35,36)(H,31,32,37)/t13-,19-,26-/m1/s1. The summed E-state index contributed by atoms with van der Waals surface area (Å²) >= 11 is 12.4. The average Bonchev–Trinajstić information content (AvgIpc) is 3.32. The lowest BCUT2D eigenvalue weighted by molar-refractivity contribution is -0.147. The second-order valence-corrected chi connectivity index (χ2v) is 10.5. The molecule has 198 valence electrons. The van der Waals surface area contributed by atoms with Crippen LogP contribution in [0.3, 0.4) is 0 Å². The van der Waals surface area contributed by atoms with E-state index >= 15 is 0 Å². The number of hydrogen-bond acceptors (Lipinski definition) is 5. The van der Waals surface area contributed by atoms with Gasteiger partial charge in [-0.15, -0.1) is 0 Å². The van der Waals surface area contributed by atoms with Crippen molar-refractivity contribution < 1.29 is 28.3 Å². The smallest absolute Gasteiger partial charge is 0.306 e. The highest BCUT2D eigenvalue weighted by Crippen LogP contribution is 2.52. The van der Waals surface area contributed by atoms with E-state index in [0.717, 1.165) is 15.7 Å². The van der Waals surface area contributed by atoms with Crippen molar-refractivity contribution in [2.24, 2.45) is 5.92 Å². The van der Waals surface area contributed by atoms with Gasteiger partial charge in [0, 0.05) is 34.6 Å². The molecule has 0 bridgehead atoms. The summed E-state index contributed by atoms with van der Waals surface area (Å²) in [6, 6.07) is 10.6. The van der Waals surface area contributed by atoms with Crippen molar-refractivity contribution in [3.63, 3.8) is 0 Å². The normalized spacial score (nSPS) is 23.2. The maximum absolute atomic E-state index is 15.0. The number of nitrogens with zero attached hydrogens (tertiary/aromatic N) is 2. The molecule has 2 aliphatic heterocycles. The molecule has 2 aliphatic rings. The van der Waals surface area contributed by atoms with E-state index in [4.69, 9.17) is 23.2 Å². The van der Waals surface area contributed by atoms with Crippen LogP contribution < -0.4 is 10.6 Å². The number of carboxylic acids is 1. The zero-order valence-corrected chi connectivity index (χ0v) is 21.5. The molecule has 0 unspecified atom stereocenters. The largest absolute Gasteiger partial charge is 0.481 e. The lowest BCUT2D eigenvalue weighted by Crippen LogP contribution is -2.57. The third-order valence-corrected chi connectivity index (χ3v) is 7.71. The number of aromatic nitrogens is 1. The Balaban J connectivity index is 1.53. The van der Waals surface area contributed by atoms with Gasteiger partial charge in [0.1, 0.15) is 11.4 Å². The molecule has 2 aromatic carbocycles. The second kappa shape index (κ2) is 9.44. The number of carboxylic acid groups (broad SMARTS) is 1. The molecule has 3 N–H and O–H groups in total. The first-order valence-corrected chi connectivity index (χ1v) is 12.5. The molecular formula is C26H22Cl2F2N4O4. The number of carbonyl (C=O) groups excluding carboxylic acids is 2.